The Morgan fingerprint density at radius 2 is 1.86 bits per heavy atom. The second-order valence-corrected chi connectivity index (χ2v) is 5.34. The van der Waals surface area contributed by atoms with Crippen molar-refractivity contribution in [3.8, 4) is 6.07 Å². The molecule has 0 aromatic heterocycles. The van der Waals surface area contributed by atoms with E-state index in [1.807, 2.05) is 37.3 Å². The number of ether oxygens (including phenoxy) is 1. The second-order valence-electron chi connectivity index (χ2n) is 5.34. The Balaban J connectivity index is 2.50. The van der Waals surface area contributed by atoms with Crippen LogP contribution in [0.15, 0.2) is 30.3 Å². The molecule has 1 rings (SSSR count). The maximum absolute atomic E-state index is 9.67. The molecule has 0 bridgehead atoms. The van der Waals surface area contributed by atoms with Gasteiger partial charge in [0.1, 0.15) is 5.54 Å². The van der Waals surface area contributed by atoms with Crippen molar-refractivity contribution < 1.29 is 4.74 Å². The Morgan fingerprint density at radius 3 is 2.48 bits per heavy atom. The molecule has 1 atom stereocenters. The van der Waals surface area contributed by atoms with Gasteiger partial charge in [0.2, 0.25) is 0 Å². The highest BCUT2D eigenvalue weighted by molar-refractivity contribution is 5.31. The van der Waals surface area contributed by atoms with Gasteiger partial charge in [-0.3, -0.25) is 5.32 Å². The van der Waals surface area contributed by atoms with E-state index in [2.05, 4.69) is 18.3 Å². The van der Waals surface area contributed by atoms with Crippen molar-refractivity contribution in [1.82, 2.24) is 5.32 Å². The van der Waals surface area contributed by atoms with Crippen LogP contribution >= 0.6 is 0 Å². The summed E-state index contributed by atoms with van der Waals surface area (Å²) in [5.41, 5.74) is 0.378. The molecule has 1 aromatic rings. The SMILES string of the molecule is CCCCCCOCCC(C#N)(NCC)c1ccccc1. The smallest absolute Gasteiger partial charge is 0.134 e. The predicted molar refractivity (Wildman–Crippen MR) is 87.0 cm³/mol. The molecule has 0 aliphatic carbocycles. The standard InChI is InChI=1S/C18H28N2O/c1-3-5-6-10-14-21-15-13-18(16-19,20-4-2)17-11-8-7-9-12-17/h7-9,11-12,20H,3-6,10,13-15H2,1-2H3. The van der Waals surface area contributed by atoms with Crippen LogP contribution in [0.4, 0.5) is 0 Å². The van der Waals surface area contributed by atoms with E-state index < -0.39 is 5.54 Å². The van der Waals surface area contributed by atoms with Gasteiger partial charge in [0.15, 0.2) is 0 Å². The molecule has 0 heterocycles. The topological polar surface area (TPSA) is 45.0 Å². The molecular weight excluding hydrogens is 260 g/mol. The zero-order valence-electron chi connectivity index (χ0n) is 13.4. The van der Waals surface area contributed by atoms with Crippen LogP contribution in [0.1, 0.15) is 51.5 Å². The van der Waals surface area contributed by atoms with E-state index in [0.29, 0.717) is 13.0 Å². The zero-order valence-corrected chi connectivity index (χ0v) is 13.4. The van der Waals surface area contributed by atoms with Gasteiger partial charge in [-0.2, -0.15) is 5.26 Å². The first kappa shape index (κ1) is 17.7. The molecule has 3 nitrogen and oxygen atoms in total. The second kappa shape index (κ2) is 10.4. The minimum absolute atomic E-state index is 0.613. The van der Waals surface area contributed by atoms with Crippen molar-refractivity contribution in [3.05, 3.63) is 35.9 Å². The molecule has 116 valence electrons. The number of nitriles is 1. The Labute approximate surface area is 129 Å². The van der Waals surface area contributed by atoms with Crippen LogP contribution in [0, 0.1) is 11.3 Å². The number of hydrogen-bond acceptors (Lipinski definition) is 3. The third-order valence-corrected chi connectivity index (χ3v) is 3.70. The van der Waals surface area contributed by atoms with E-state index in [9.17, 15) is 5.26 Å². The largest absolute Gasteiger partial charge is 0.381 e. The molecule has 0 saturated carbocycles. The molecule has 0 spiro atoms. The van der Waals surface area contributed by atoms with Crippen LogP contribution in [0.5, 0.6) is 0 Å². The van der Waals surface area contributed by atoms with Gasteiger partial charge in [0, 0.05) is 19.6 Å². The molecule has 1 aromatic carbocycles. The number of benzene rings is 1. The van der Waals surface area contributed by atoms with Crippen LogP contribution in [-0.4, -0.2) is 19.8 Å². The van der Waals surface area contributed by atoms with E-state index in [-0.39, 0.29) is 0 Å². The summed E-state index contributed by atoms with van der Waals surface area (Å²) in [5.74, 6) is 0. The molecular formula is C18H28N2O. The quantitative estimate of drug-likeness (QED) is 0.626. The first-order valence-electron chi connectivity index (χ1n) is 8.08. The monoisotopic (exact) mass is 288 g/mol. The number of nitrogens with zero attached hydrogens (tertiary/aromatic N) is 1. The highest BCUT2D eigenvalue weighted by Crippen LogP contribution is 2.24. The van der Waals surface area contributed by atoms with E-state index in [0.717, 1.165) is 25.1 Å². The van der Waals surface area contributed by atoms with Gasteiger partial charge in [0.25, 0.3) is 0 Å². The molecule has 0 radical (unpaired) electrons. The lowest BCUT2D eigenvalue weighted by Gasteiger charge is -2.28. The van der Waals surface area contributed by atoms with Crippen LogP contribution in [-0.2, 0) is 10.3 Å². The van der Waals surface area contributed by atoms with Gasteiger partial charge in [-0.1, -0.05) is 63.4 Å². The minimum Gasteiger partial charge on any atom is -0.381 e. The van der Waals surface area contributed by atoms with Crippen LogP contribution in [0.25, 0.3) is 0 Å². The summed E-state index contributed by atoms with van der Waals surface area (Å²) in [6.45, 7) is 6.40. The van der Waals surface area contributed by atoms with Gasteiger partial charge in [0.05, 0.1) is 6.07 Å². The maximum atomic E-state index is 9.67. The number of nitrogens with one attached hydrogen (secondary N) is 1. The third kappa shape index (κ3) is 5.87. The van der Waals surface area contributed by atoms with E-state index in [1.165, 1.54) is 19.3 Å². The highest BCUT2D eigenvalue weighted by atomic mass is 16.5. The number of rotatable bonds is 11. The first-order chi connectivity index (χ1) is 10.3. The third-order valence-electron chi connectivity index (χ3n) is 3.70. The summed E-state index contributed by atoms with van der Waals surface area (Å²) >= 11 is 0. The number of hydrogen-bond donors (Lipinski definition) is 1. The van der Waals surface area contributed by atoms with Gasteiger partial charge < -0.3 is 4.74 Å². The average molecular weight is 288 g/mol. The molecule has 0 amide bonds. The van der Waals surface area contributed by atoms with E-state index in [1.54, 1.807) is 0 Å². The normalized spacial score (nSPS) is 13.6. The van der Waals surface area contributed by atoms with E-state index >= 15 is 0 Å². The molecule has 3 heteroatoms. The van der Waals surface area contributed by atoms with Crippen LogP contribution in [0.2, 0.25) is 0 Å². The van der Waals surface area contributed by atoms with Crippen molar-refractivity contribution in [1.29, 1.82) is 5.26 Å². The lowest BCUT2D eigenvalue weighted by atomic mass is 9.88. The van der Waals surface area contributed by atoms with Gasteiger partial charge in [-0.05, 0) is 18.5 Å². The molecule has 21 heavy (non-hydrogen) atoms. The molecule has 1 unspecified atom stereocenters. The summed E-state index contributed by atoms with van der Waals surface area (Å²) in [7, 11) is 0. The Morgan fingerprint density at radius 1 is 1.10 bits per heavy atom. The Bertz CT molecular complexity index is 413. The minimum atomic E-state index is -0.639. The van der Waals surface area contributed by atoms with E-state index in [4.69, 9.17) is 4.74 Å². The van der Waals surface area contributed by atoms with Gasteiger partial charge in [-0.15, -0.1) is 0 Å². The summed E-state index contributed by atoms with van der Waals surface area (Å²) < 4.78 is 5.71. The Kier molecular flexibility index (Phi) is 8.73. The van der Waals surface area contributed by atoms with Crippen LogP contribution < -0.4 is 5.32 Å². The lowest BCUT2D eigenvalue weighted by Crippen LogP contribution is -2.42. The summed E-state index contributed by atoms with van der Waals surface area (Å²) in [6, 6.07) is 12.4. The fourth-order valence-electron chi connectivity index (χ4n) is 2.48. The highest BCUT2D eigenvalue weighted by Gasteiger charge is 2.30. The average Bonchev–Trinajstić information content (AvgIpc) is 2.54. The zero-order chi connectivity index (χ0) is 15.4. The lowest BCUT2D eigenvalue weighted by molar-refractivity contribution is 0.112. The van der Waals surface area contributed by atoms with Crippen molar-refractivity contribution in [3.63, 3.8) is 0 Å². The summed E-state index contributed by atoms with van der Waals surface area (Å²) in [4.78, 5) is 0. The maximum Gasteiger partial charge on any atom is 0.134 e. The van der Waals surface area contributed by atoms with Crippen molar-refractivity contribution in [2.24, 2.45) is 0 Å². The Hall–Kier alpha value is -1.37. The van der Waals surface area contributed by atoms with Gasteiger partial charge in [-0.25, -0.2) is 0 Å². The molecule has 0 saturated heterocycles. The first-order valence-corrected chi connectivity index (χ1v) is 8.08. The molecule has 0 aliphatic rings. The van der Waals surface area contributed by atoms with Crippen LogP contribution in [0.3, 0.4) is 0 Å². The molecule has 1 N–H and O–H groups in total. The number of unbranched alkanes of at least 4 members (excludes halogenated alkanes) is 3. The van der Waals surface area contributed by atoms with Crippen molar-refractivity contribution in [2.75, 3.05) is 19.8 Å². The molecule has 0 fully saturated rings. The summed E-state index contributed by atoms with van der Waals surface area (Å²) in [5, 5.41) is 13.0. The fourth-order valence-corrected chi connectivity index (χ4v) is 2.48. The summed E-state index contributed by atoms with van der Waals surface area (Å²) in [6.07, 6.45) is 5.53. The van der Waals surface area contributed by atoms with Gasteiger partial charge >= 0.3 is 0 Å². The predicted octanol–water partition coefficient (Wildman–Crippen LogP) is 4.00. The fraction of sp³-hybridized carbons (Fsp3) is 0.611. The van der Waals surface area contributed by atoms with Crippen molar-refractivity contribution in [2.45, 2.75) is 51.5 Å². The molecule has 0 aliphatic heterocycles. The van der Waals surface area contributed by atoms with Crippen molar-refractivity contribution >= 4 is 0 Å².